The standard InChI is InChI=1S/C23H32O4/c1-18(15-26-16-20-9-5-3-6-10-20)23(19(2)22(25)13-14-24)27-17-21-11-7-4-8-12-21/h3-12,18-19,22-25H,13-17H2,1-2H3/t18-,19+,22+,23-/m0/s1. The van der Waals surface area contributed by atoms with E-state index in [1.165, 1.54) is 0 Å². The molecule has 0 unspecified atom stereocenters. The van der Waals surface area contributed by atoms with E-state index in [4.69, 9.17) is 14.6 Å². The van der Waals surface area contributed by atoms with E-state index in [2.05, 4.69) is 6.92 Å². The first kappa shape index (κ1) is 21.6. The van der Waals surface area contributed by atoms with Crippen molar-refractivity contribution in [1.29, 1.82) is 0 Å². The van der Waals surface area contributed by atoms with Gasteiger partial charge in [-0.25, -0.2) is 0 Å². The first-order valence-electron chi connectivity index (χ1n) is 9.68. The van der Waals surface area contributed by atoms with Crippen molar-refractivity contribution in [3.63, 3.8) is 0 Å². The highest BCUT2D eigenvalue weighted by molar-refractivity contribution is 5.14. The summed E-state index contributed by atoms with van der Waals surface area (Å²) in [5.41, 5.74) is 2.24. The lowest BCUT2D eigenvalue weighted by molar-refractivity contribution is -0.0858. The van der Waals surface area contributed by atoms with Gasteiger partial charge >= 0.3 is 0 Å². The number of benzene rings is 2. The molecule has 0 saturated heterocycles. The number of aliphatic hydroxyl groups excluding tert-OH is 2. The van der Waals surface area contributed by atoms with Crippen LogP contribution in [0.4, 0.5) is 0 Å². The molecule has 4 nitrogen and oxygen atoms in total. The van der Waals surface area contributed by atoms with Crippen LogP contribution >= 0.6 is 0 Å². The molecule has 0 heterocycles. The van der Waals surface area contributed by atoms with E-state index in [0.717, 1.165) is 11.1 Å². The van der Waals surface area contributed by atoms with Crippen LogP contribution in [-0.4, -0.2) is 35.6 Å². The minimum absolute atomic E-state index is 0.0319. The van der Waals surface area contributed by atoms with Gasteiger partial charge in [0.2, 0.25) is 0 Å². The van der Waals surface area contributed by atoms with Crippen LogP contribution in [0.15, 0.2) is 60.7 Å². The zero-order chi connectivity index (χ0) is 19.5. The van der Waals surface area contributed by atoms with Gasteiger partial charge < -0.3 is 19.7 Å². The zero-order valence-electron chi connectivity index (χ0n) is 16.3. The Balaban J connectivity index is 1.94. The molecule has 0 aromatic heterocycles. The highest BCUT2D eigenvalue weighted by atomic mass is 16.5. The van der Waals surface area contributed by atoms with Crippen LogP contribution in [-0.2, 0) is 22.7 Å². The van der Waals surface area contributed by atoms with Crippen LogP contribution in [0.2, 0.25) is 0 Å². The van der Waals surface area contributed by atoms with E-state index in [9.17, 15) is 5.11 Å². The van der Waals surface area contributed by atoms with Crippen LogP contribution < -0.4 is 0 Å². The lowest BCUT2D eigenvalue weighted by atomic mass is 9.88. The third-order valence-corrected chi connectivity index (χ3v) is 4.89. The number of rotatable bonds is 12. The summed E-state index contributed by atoms with van der Waals surface area (Å²) in [6.07, 6.45) is -0.417. The van der Waals surface area contributed by atoms with Gasteiger partial charge in [-0.3, -0.25) is 0 Å². The number of hydrogen-bond donors (Lipinski definition) is 2. The average Bonchev–Trinajstić information content (AvgIpc) is 2.70. The molecule has 4 atom stereocenters. The van der Waals surface area contributed by atoms with Gasteiger partial charge in [0.15, 0.2) is 0 Å². The summed E-state index contributed by atoms with van der Waals surface area (Å²) in [5, 5.41) is 19.5. The fourth-order valence-electron chi connectivity index (χ4n) is 3.25. The molecule has 2 rings (SSSR count). The van der Waals surface area contributed by atoms with Gasteiger partial charge in [0.25, 0.3) is 0 Å². The monoisotopic (exact) mass is 372 g/mol. The van der Waals surface area contributed by atoms with E-state index >= 15 is 0 Å². The molecule has 4 heteroatoms. The van der Waals surface area contributed by atoms with E-state index in [0.29, 0.717) is 26.2 Å². The maximum Gasteiger partial charge on any atom is 0.0720 e. The Kier molecular flexibility index (Phi) is 9.50. The van der Waals surface area contributed by atoms with Gasteiger partial charge in [-0.2, -0.15) is 0 Å². The maximum absolute atomic E-state index is 10.4. The van der Waals surface area contributed by atoms with Crippen molar-refractivity contribution in [2.75, 3.05) is 13.2 Å². The zero-order valence-corrected chi connectivity index (χ0v) is 16.3. The fourth-order valence-corrected chi connectivity index (χ4v) is 3.25. The van der Waals surface area contributed by atoms with Crippen LogP contribution in [0.5, 0.6) is 0 Å². The fraction of sp³-hybridized carbons (Fsp3) is 0.478. The molecule has 0 aliphatic carbocycles. The molecule has 148 valence electrons. The summed E-state index contributed by atoms with van der Waals surface area (Å²) in [5.74, 6) is 0.0111. The van der Waals surface area contributed by atoms with E-state index < -0.39 is 6.10 Å². The number of ether oxygens (including phenoxy) is 2. The Morgan fingerprint density at radius 1 is 0.852 bits per heavy atom. The molecule has 0 aliphatic rings. The normalized spacial score (nSPS) is 15.9. The Bertz CT molecular complexity index is 617. The Morgan fingerprint density at radius 2 is 1.41 bits per heavy atom. The molecule has 2 aromatic rings. The molecule has 0 amide bonds. The van der Waals surface area contributed by atoms with Gasteiger partial charge in [-0.1, -0.05) is 74.5 Å². The summed E-state index contributed by atoms with van der Waals surface area (Å²) < 4.78 is 12.1. The second-order valence-electron chi connectivity index (χ2n) is 7.18. The second kappa shape index (κ2) is 11.9. The molecule has 0 fully saturated rings. The van der Waals surface area contributed by atoms with E-state index in [-0.39, 0.29) is 24.5 Å². The molecule has 27 heavy (non-hydrogen) atoms. The van der Waals surface area contributed by atoms with Crippen molar-refractivity contribution in [3.05, 3.63) is 71.8 Å². The minimum atomic E-state index is -0.604. The van der Waals surface area contributed by atoms with Gasteiger partial charge in [-0.05, 0) is 17.5 Å². The van der Waals surface area contributed by atoms with Gasteiger partial charge in [0.1, 0.15) is 0 Å². The maximum atomic E-state index is 10.4. The number of aliphatic hydroxyl groups is 2. The Labute approximate surface area is 162 Å². The lowest BCUT2D eigenvalue weighted by Crippen LogP contribution is -2.38. The predicted octanol–water partition coefficient (Wildman–Crippen LogP) is 3.80. The molecule has 0 bridgehead atoms. The Morgan fingerprint density at radius 3 is 1.96 bits per heavy atom. The highest BCUT2D eigenvalue weighted by Gasteiger charge is 2.29. The predicted molar refractivity (Wildman–Crippen MR) is 107 cm³/mol. The SMILES string of the molecule is C[C@@H]([C@@H](OCc1ccccc1)[C@@H](C)COCc1ccccc1)[C@H](O)CCO. The Hall–Kier alpha value is -1.72. The second-order valence-corrected chi connectivity index (χ2v) is 7.18. The molecule has 0 spiro atoms. The van der Waals surface area contributed by atoms with Crippen molar-refractivity contribution >= 4 is 0 Å². The topological polar surface area (TPSA) is 58.9 Å². The van der Waals surface area contributed by atoms with Crippen LogP contribution in [0.3, 0.4) is 0 Å². The van der Waals surface area contributed by atoms with Gasteiger partial charge in [0.05, 0.1) is 32.0 Å². The van der Waals surface area contributed by atoms with Crippen molar-refractivity contribution in [3.8, 4) is 0 Å². The molecule has 0 saturated carbocycles. The van der Waals surface area contributed by atoms with E-state index in [1.807, 2.05) is 67.6 Å². The van der Waals surface area contributed by atoms with E-state index in [1.54, 1.807) is 0 Å². The van der Waals surface area contributed by atoms with Crippen molar-refractivity contribution < 1.29 is 19.7 Å². The molecular weight excluding hydrogens is 340 g/mol. The van der Waals surface area contributed by atoms with Crippen LogP contribution in [0.25, 0.3) is 0 Å². The smallest absolute Gasteiger partial charge is 0.0720 e. The van der Waals surface area contributed by atoms with Crippen LogP contribution in [0.1, 0.15) is 31.4 Å². The first-order valence-corrected chi connectivity index (χ1v) is 9.68. The van der Waals surface area contributed by atoms with Crippen molar-refractivity contribution in [1.82, 2.24) is 0 Å². The summed E-state index contributed by atoms with van der Waals surface area (Å²) in [4.78, 5) is 0. The van der Waals surface area contributed by atoms with Crippen molar-refractivity contribution in [2.24, 2.45) is 11.8 Å². The largest absolute Gasteiger partial charge is 0.396 e. The lowest BCUT2D eigenvalue weighted by Gasteiger charge is -2.32. The molecular formula is C23H32O4. The first-order chi connectivity index (χ1) is 13.1. The number of hydrogen-bond acceptors (Lipinski definition) is 4. The van der Waals surface area contributed by atoms with Crippen LogP contribution in [0, 0.1) is 11.8 Å². The van der Waals surface area contributed by atoms with Crippen molar-refractivity contribution in [2.45, 2.75) is 45.7 Å². The highest BCUT2D eigenvalue weighted by Crippen LogP contribution is 2.24. The van der Waals surface area contributed by atoms with Gasteiger partial charge in [-0.15, -0.1) is 0 Å². The molecule has 2 aromatic carbocycles. The quantitative estimate of drug-likeness (QED) is 0.595. The summed E-state index contributed by atoms with van der Waals surface area (Å²) in [6, 6.07) is 20.1. The molecule has 0 aliphatic heterocycles. The third kappa shape index (κ3) is 7.43. The summed E-state index contributed by atoms with van der Waals surface area (Å²) in [7, 11) is 0. The van der Waals surface area contributed by atoms with Gasteiger partial charge in [0, 0.05) is 18.4 Å². The molecule has 0 radical (unpaired) electrons. The molecule has 2 N–H and O–H groups in total. The summed E-state index contributed by atoms with van der Waals surface area (Å²) in [6.45, 7) is 5.63. The summed E-state index contributed by atoms with van der Waals surface area (Å²) >= 11 is 0. The minimum Gasteiger partial charge on any atom is -0.396 e. The average molecular weight is 373 g/mol. The third-order valence-electron chi connectivity index (χ3n) is 4.89.